The number of aromatic nitrogens is 2. The Morgan fingerprint density at radius 1 is 1.07 bits per heavy atom. The average molecular weight is 382 g/mol. The summed E-state index contributed by atoms with van der Waals surface area (Å²) in [5, 5.41) is 6.30. The molecule has 1 aromatic carbocycles. The molecule has 2 N–H and O–H groups in total. The second-order valence-electron chi connectivity index (χ2n) is 7.85. The Hall–Kier alpha value is -2.63. The molecule has 1 aliphatic rings. The maximum atomic E-state index is 12.2. The maximum absolute atomic E-state index is 12.2. The van der Waals surface area contributed by atoms with E-state index in [0.717, 1.165) is 41.2 Å². The van der Waals surface area contributed by atoms with E-state index in [2.05, 4.69) is 20.6 Å². The van der Waals surface area contributed by atoms with Crippen molar-refractivity contribution in [3.05, 3.63) is 36.2 Å². The Bertz CT molecular complexity index is 782. The third-order valence-electron chi connectivity index (χ3n) is 5.23. The Morgan fingerprint density at radius 3 is 2.43 bits per heavy atom. The topological polar surface area (TPSA) is 70.2 Å². The quantitative estimate of drug-likeness (QED) is 0.714. The van der Waals surface area contributed by atoms with Gasteiger partial charge < -0.3 is 15.5 Å². The maximum Gasteiger partial charge on any atom is 0.224 e. The molecule has 0 bridgehead atoms. The number of amides is 1. The van der Waals surface area contributed by atoms with Crippen molar-refractivity contribution in [3.8, 4) is 0 Å². The zero-order valence-electron chi connectivity index (χ0n) is 17.2. The molecule has 0 spiro atoms. The van der Waals surface area contributed by atoms with Crippen molar-refractivity contribution in [3.63, 3.8) is 0 Å². The number of aryl methyl sites for hydroxylation is 1. The number of carbonyl (C=O) groups excluding carboxylic acids is 1. The summed E-state index contributed by atoms with van der Waals surface area (Å²) in [6.07, 6.45) is 8.18. The first-order chi connectivity index (χ1) is 13.5. The number of carbonyl (C=O) groups is 1. The Morgan fingerprint density at radius 2 is 1.75 bits per heavy atom. The zero-order chi connectivity index (χ0) is 19.9. The first-order valence-corrected chi connectivity index (χ1v) is 10.2. The number of benzene rings is 1. The van der Waals surface area contributed by atoms with E-state index in [0.29, 0.717) is 6.42 Å². The van der Waals surface area contributed by atoms with E-state index in [4.69, 9.17) is 0 Å². The molecule has 0 unspecified atom stereocenters. The lowest BCUT2D eigenvalue weighted by atomic mass is 9.86. The minimum atomic E-state index is 0.105. The van der Waals surface area contributed by atoms with Crippen molar-refractivity contribution in [1.29, 1.82) is 0 Å². The van der Waals surface area contributed by atoms with Crippen LogP contribution in [-0.2, 0) is 4.79 Å². The molecule has 1 aromatic heterocycles. The summed E-state index contributed by atoms with van der Waals surface area (Å²) in [7, 11) is 3.91. The highest BCUT2D eigenvalue weighted by atomic mass is 16.1. The van der Waals surface area contributed by atoms with E-state index in [9.17, 15) is 4.79 Å². The summed E-state index contributed by atoms with van der Waals surface area (Å²) >= 11 is 0. The van der Waals surface area contributed by atoms with E-state index < -0.39 is 0 Å². The second kappa shape index (κ2) is 9.53. The van der Waals surface area contributed by atoms with Gasteiger partial charge in [0.15, 0.2) is 0 Å². The molecule has 3 rings (SSSR count). The van der Waals surface area contributed by atoms with E-state index >= 15 is 0 Å². The van der Waals surface area contributed by atoms with Crippen molar-refractivity contribution >= 4 is 28.9 Å². The zero-order valence-corrected chi connectivity index (χ0v) is 17.2. The standard InChI is InChI=1S/C22H31N5O/c1-16-23-20(15-21(24-16)27(2)3)25-18-10-12-19(13-11-18)26-22(28)14-9-17-7-5-4-6-8-17/h10-13,15,17H,4-9,14H2,1-3H3,(H,26,28)(H,23,24,25). The molecule has 1 amide bonds. The molecule has 150 valence electrons. The number of nitrogens with zero attached hydrogens (tertiary/aromatic N) is 3. The first-order valence-electron chi connectivity index (χ1n) is 10.2. The molecule has 0 atom stereocenters. The molecule has 28 heavy (non-hydrogen) atoms. The van der Waals surface area contributed by atoms with Gasteiger partial charge in [-0.1, -0.05) is 32.1 Å². The van der Waals surface area contributed by atoms with Crippen molar-refractivity contribution in [2.75, 3.05) is 29.6 Å². The summed E-state index contributed by atoms with van der Waals surface area (Å²) in [4.78, 5) is 23.0. The van der Waals surface area contributed by atoms with Gasteiger partial charge in [0, 0.05) is 38.0 Å². The lowest BCUT2D eigenvalue weighted by Gasteiger charge is -2.21. The summed E-state index contributed by atoms with van der Waals surface area (Å²) in [5.74, 6) is 3.16. The van der Waals surface area contributed by atoms with Gasteiger partial charge in [-0.2, -0.15) is 0 Å². The van der Waals surface area contributed by atoms with Crippen molar-refractivity contribution in [2.45, 2.75) is 51.9 Å². The molecule has 2 aromatic rings. The minimum Gasteiger partial charge on any atom is -0.363 e. The highest BCUT2D eigenvalue weighted by Crippen LogP contribution is 2.27. The van der Waals surface area contributed by atoms with Crippen LogP contribution < -0.4 is 15.5 Å². The van der Waals surface area contributed by atoms with Crippen molar-refractivity contribution in [1.82, 2.24) is 9.97 Å². The van der Waals surface area contributed by atoms with E-state index in [1.807, 2.05) is 56.3 Å². The van der Waals surface area contributed by atoms with Crippen molar-refractivity contribution < 1.29 is 4.79 Å². The second-order valence-corrected chi connectivity index (χ2v) is 7.85. The predicted molar refractivity (Wildman–Crippen MR) is 115 cm³/mol. The van der Waals surface area contributed by atoms with Gasteiger partial charge >= 0.3 is 0 Å². The third kappa shape index (κ3) is 5.94. The third-order valence-corrected chi connectivity index (χ3v) is 5.23. The SMILES string of the molecule is Cc1nc(Nc2ccc(NC(=O)CCC3CCCCC3)cc2)cc(N(C)C)n1. The van der Waals surface area contributed by atoms with Crippen molar-refractivity contribution in [2.24, 2.45) is 5.92 Å². The van der Waals surface area contributed by atoms with Gasteiger partial charge in [0.1, 0.15) is 17.5 Å². The normalized spacial score (nSPS) is 14.5. The Balaban J connectivity index is 1.52. The van der Waals surface area contributed by atoms with Gasteiger partial charge in [-0.05, 0) is 43.5 Å². The van der Waals surface area contributed by atoms with E-state index in [-0.39, 0.29) is 5.91 Å². The lowest BCUT2D eigenvalue weighted by molar-refractivity contribution is -0.116. The van der Waals surface area contributed by atoms with Gasteiger partial charge in [-0.25, -0.2) is 9.97 Å². The summed E-state index contributed by atoms with van der Waals surface area (Å²) in [6.45, 7) is 1.88. The molecule has 1 heterocycles. The van der Waals surface area contributed by atoms with E-state index in [1.54, 1.807) is 0 Å². The van der Waals surface area contributed by atoms with Gasteiger partial charge in [-0.3, -0.25) is 4.79 Å². The molecular weight excluding hydrogens is 350 g/mol. The fourth-order valence-corrected chi connectivity index (χ4v) is 3.66. The molecule has 0 saturated heterocycles. The summed E-state index contributed by atoms with van der Waals surface area (Å²) in [6, 6.07) is 9.64. The van der Waals surface area contributed by atoms with Gasteiger partial charge in [-0.15, -0.1) is 0 Å². The Kier molecular flexibility index (Phi) is 6.85. The van der Waals surface area contributed by atoms with Crippen LogP contribution >= 0.6 is 0 Å². The number of hydrogen-bond acceptors (Lipinski definition) is 5. The smallest absolute Gasteiger partial charge is 0.224 e. The number of nitrogens with one attached hydrogen (secondary N) is 2. The molecule has 0 radical (unpaired) electrons. The van der Waals surface area contributed by atoms with Crippen LogP contribution in [0.25, 0.3) is 0 Å². The average Bonchev–Trinajstić information content (AvgIpc) is 2.68. The van der Waals surface area contributed by atoms with Crippen LogP contribution in [0.1, 0.15) is 50.8 Å². The first kappa shape index (κ1) is 20.1. The van der Waals surface area contributed by atoms with Crippen LogP contribution in [0.4, 0.5) is 23.0 Å². The molecule has 1 fully saturated rings. The fraction of sp³-hybridized carbons (Fsp3) is 0.500. The van der Waals surface area contributed by atoms with Crippen LogP contribution in [0.2, 0.25) is 0 Å². The monoisotopic (exact) mass is 381 g/mol. The Labute approximate surface area is 167 Å². The summed E-state index contributed by atoms with van der Waals surface area (Å²) < 4.78 is 0. The lowest BCUT2D eigenvalue weighted by Crippen LogP contribution is -2.14. The molecular formula is C22H31N5O. The largest absolute Gasteiger partial charge is 0.363 e. The van der Waals surface area contributed by atoms with Crippen LogP contribution in [0.5, 0.6) is 0 Å². The van der Waals surface area contributed by atoms with Gasteiger partial charge in [0.2, 0.25) is 5.91 Å². The van der Waals surface area contributed by atoms with Crippen LogP contribution in [0.15, 0.2) is 30.3 Å². The molecule has 1 aliphatic carbocycles. The highest BCUT2D eigenvalue weighted by Gasteiger charge is 2.14. The minimum absolute atomic E-state index is 0.105. The van der Waals surface area contributed by atoms with Crippen LogP contribution in [-0.4, -0.2) is 30.0 Å². The number of rotatable bonds is 7. The molecule has 6 nitrogen and oxygen atoms in total. The molecule has 1 saturated carbocycles. The number of anilines is 4. The highest BCUT2D eigenvalue weighted by molar-refractivity contribution is 5.90. The van der Waals surface area contributed by atoms with Gasteiger partial charge in [0.25, 0.3) is 0 Å². The number of hydrogen-bond donors (Lipinski definition) is 2. The summed E-state index contributed by atoms with van der Waals surface area (Å²) in [5.41, 5.74) is 1.75. The van der Waals surface area contributed by atoms with Gasteiger partial charge in [0.05, 0.1) is 0 Å². The fourth-order valence-electron chi connectivity index (χ4n) is 3.66. The van der Waals surface area contributed by atoms with Crippen LogP contribution in [0.3, 0.4) is 0 Å². The predicted octanol–water partition coefficient (Wildman–Crippen LogP) is 4.89. The molecule has 0 aliphatic heterocycles. The molecule has 6 heteroatoms. The van der Waals surface area contributed by atoms with Crippen LogP contribution in [0, 0.1) is 12.8 Å². The van der Waals surface area contributed by atoms with E-state index in [1.165, 1.54) is 32.1 Å².